The van der Waals surface area contributed by atoms with Gasteiger partial charge in [0.05, 0.1) is 11.8 Å². The predicted molar refractivity (Wildman–Crippen MR) is 76.4 cm³/mol. The number of fused-ring (bicyclic) bond motifs is 1. The van der Waals surface area contributed by atoms with Gasteiger partial charge in [-0.2, -0.15) is 4.99 Å². The molecule has 2 unspecified atom stereocenters. The predicted octanol–water partition coefficient (Wildman–Crippen LogP) is 2.14. The number of hydrogen-bond donors (Lipinski definition) is 1. The molecule has 2 amide bonds. The zero-order valence-electron chi connectivity index (χ0n) is 11.4. The molecule has 0 aromatic rings. The van der Waals surface area contributed by atoms with Crippen molar-refractivity contribution < 1.29 is 4.79 Å². The summed E-state index contributed by atoms with van der Waals surface area (Å²) in [6.07, 6.45) is 9.83. The number of aliphatic imine (C=N–C) groups is 1. The summed E-state index contributed by atoms with van der Waals surface area (Å²) >= 11 is 0. The normalized spacial score (nSPS) is 30.7. The lowest BCUT2D eigenvalue weighted by molar-refractivity contribution is 0.189. The Kier molecular flexibility index (Phi) is 3.51. The SMILES string of the molecule is CCCN1CCCC(C2=CC=CC3=NC(=O)NC23)C1. The van der Waals surface area contributed by atoms with E-state index in [1.165, 1.54) is 37.9 Å². The number of likely N-dealkylation sites (tertiary alicyclic amines) is 1. The van der Waals surface area contributed by atoms with Gasteiger partial charge in [-0.05, 0) is 49.9 Å². The third-order valence-corrected chi connectivity index (χ3v) is 4.20. The third kappa shape index (κ3) is 2.50. The Morgan fingerprint density at radius 3 is 3.26 bits per heavy atom. The lowest BCUT2D eigenvalue weighted by Crippen LogP contribution is -2.43. The molecule has 0 radical (unpaired) electrons. The number of hydrogen-bond acceptors (Lipinski definition) is 2. The van der Waals surface area contributed by atoms with Crippen molar-refractivity contribution in [2.24, 2.45) is 10.9 Å². The molecule has 2 aliphatic heterocycles. The van der Waals surface area contributed by atoms with E-state index in [1.54, 1.807) is 0 Å². The molecule has 2 atom stereocenters. The number of piperidine rings is 1. The number of rotatable bonds is 3. The second-order valence-electron chi connectivity index (χ2n) is 5.58. The summed E-state index contributed by atoms with van der Waals surface area (Å²) in [7, 11) is 0. The standard InChI is InChI=1S/C15H21N3O/c1-2-8-18-9-4-5-11(10-18)12-6-3-7-13-14(12)17-15(19)16-13/h3,6-7,11,14H,2,4-5,8-10H2,1H3,(H,17,19). The van der Waals surface area contributed by atoms with Gasteiger partial charge in [0, 0.05) is 6.54 Å². The molecule has 3 aliphatic rings. The molecule has 3 rings (SSSR count). The van der Waals surface area contributed by atoms with Gasteiger partial charge in [0.1, 0.15) is 0 Å². The quantitative estimate of drug-likeness (QED) is 0.844. The number of amides is 2. The highest BCUT2D eigenvalue weighted by Gasteiger charge is 2.34. The van der Waals surface area contributed by atoms with Gasteiger partial charge >= 0.3 is 6.03 Å². The van der Waals surface area contributed by atoms with Gasteiger partial charge in [0.15, 0.2) is 0 Å². The van der Waals surface area contributed by atoms with Gasteiger partial charge in [-0.1, -0.05) is 19.1 Å². The van der Waals surface area contributed by atoms with Crippen molar-refractivity contribution in [3.05, 3.63) is 23.8 Å². The first kappa shape index (κ1) is 12.6. The summed E-state index contributed by atoms with van der Waals surface area (Å²) < 4.78 is 0. The van der Waals surface area contributed by atoms with Crippen molar-refractivity contribution in [1.29, 1.82) is 0 Å². The van der Waals surface area contributed by atoms with Crippen LogP contribution in [0.5, 0.6) is 0 Å². The molecule has 0 aromatic heterocycles. The minimum absolute atomic E-state index is 0.0316. The molecule has 0 bridgehead atoms. The molecule has 19 heavy (non-hydrogen) atoms. The zero-order valence-corrected chi connectivity index (χ0v) is 11.4. The van der Waals surface area contributed by atoms with Gasteiger partial charge in [0.2, 0.25) is 0 Å². The highest BCUT2D eigenvalue weighted by atomic mass is 16.2. The van der Waals surface area contributed by atoms with Crippen LogP contribution in [0.15, 0.2) is 28.8 Å². The number of carbonyl (C=O) groups is 1. The molecule has 2 heterocycles. The van der Waals surface area contributed by atoms with Gasteiger partial charge in [-0.25, -0.2) is 4.79 Å². The molecule has 0 spiro atoms. The van der Waals surface area contributed by atoms with E-state index < -0.39 is 0 Å². The average molecular weight is 259 g/mol. The second kappa shape index (κ2) is 5.29. The fourth-order valence-corrected chi connectivity index (χ4v) is 3.37. The van der Waals surface area contributed by atoms with Crippen molar-refractivity contribution >= 4 is 11.7 Å². The number of allylic oxidation sites excluding steroid dienone is 2. The monoisotopic (exact) mass is 259 g/mol. The molecule has 4 heteroatoms. The van der Waals surface area contributed by atoms with Crippen LogP contribution in [-0.4, -0.2) is 42.3 Å². The molecule has 0 aromatic carbocycles. The molecular formula is C15H21N3O. The Morgan fingerprint density at radius 2 is 2.42 bits per heavy atom. The minimum atomic E-state index is -0.196. The van der Waals surface area contributed by atoms with Crippen LogP contribution in [0.4, 0.5) is 4.79 Å². The first-order chi connectivity index (χ1) is 9.28. The van der Waals surface area contributed by atoms with Crippen molar-refractivity contribution in [2.45, 2.75) is 32.2 Å². The van der Waals surface area contributed by atoms with Crippen molar-refractivity contribution in [3.63, 3.8) is 0 Å². The molecule has 1 N–H and O–H groups in total. The summed E-state index contributed by atoms with van der Waals surface area (Å²) in [5.74, 6) is 0.554. The Labute approximate surface area is 114 Å². The van der Waals surface area contributed by atoms with E-state index in [-0.39, 0.29) is 12.1 Å². The Balaban J connectivity index is 1.75. The van der Waals surface area contributed by atoms with E-state index in [2.05, 4.69) is 28.2 Å². The van der Waals surface area contributed by atoms with Crippen molar-refractivity contribution in [3.8, 4) is 0 Å². The summed E-state index contributed by atoms with van der Waals surface area (Å²) in [6.45, 7) is 5.74. The van der Waals surface area contributed by atoms with Crippen molar-refractivity contribution in [1.82, 2.24) is 10.2 Å². The van der Waals surface area contributed by atoms with E-state index in [4.69, 9.17) is 0 Å². The number of nitrogens with one attached hydrogen (secondary N) is 1. The molecule has 1 fully saturated rings. The Morgan fingerprint density at radius 1 is 1.53 bits per heavy atom. The molecule has 4 nitrogen and oxygen atoms in total. The average Bonchev–Trinajstić information content (AvgIpc) is 2.79. The zero-order chi connectivity index (χ0) is 13.2. The molecule has 102 valence electrons. The van der Waals surface area contributed by atoms with Crippen LogP contribution in [0.1, 0.15) is 26.2 Å². The Hall–Kier alpha value is -1.42. The molecule has 0 saturated carbocycles. The van der Waals surface area contributed by atoms with E-state index in [0.717, 1.165) is 12.3 Å². The van der Waals surface area contributed by atoms with Crippen molar-refractivity contribution in [2.75, 3.05) is 19.6 Å². The molecule has 1 saturated heterocycles. The van der Waals surface area contributed by atoms with Gasteiger partial charge in [0.25, 0.3) is 0 Å². The van der Waals surface area contributed by atoms with Crippen LogP contribution < -0.4 is 5.32 Å². The maximum Gasteiger partial charge on any atom is 0.342 e. The van der Waals surface area contributed by atoms with E-state index >= 15 is 0 Å². The summed E-state index contributed by atoms with van der Waals surface area (Å²) in [6, 6.07) is -0.164. The van der Waals surface area contributed by atoms with Crippen LogP contribution in [0.3, 0.4) is 0 Å². The summed E-state index contributed by atoms with van der Waals surface area (Å²) in [4.78, 5) is 18.0. The maximum absolute atomic E-state index is 11.4. The number of carbonyl (C=O) groups excluding carboxylic acids is 1. The Bertz CT molecular complexity index is 462. The fourth-order valence-electron chi connectivity index (χ4n) is 3.37. The summed E-state index contributed by atoms with van der Waals surface area (Å²) in [5.41, 5.74) is 2.23. The van der Waals surface area contributed by atoms with E-state index in [1.807, 2.05) is 12.2 Å². The minimum Gasteiger partial charge on any atom is -0.324 e. The van der Waals surface area contributed by atoms with Crippen LogP contribution in [0.2, 0.25) is 0 Å². The maximum atomic E-state index is 11.4. The number of nitrogens with zero attached hydrogens (tertiary/aromatic N) is 2. The van der Waals surface area contributed by atoms with Crippen LogP contribution in [0.25, 0.3) is 0 Å². The van der Waals surface area contributed by atoms with Gasteiger partial charge in [-0.3, -0.25) is 0 Å². The largest absolute Gasteiger partial charge is 0.342 e. The third-order valence-electron chi connectivity index (χ3n) is 4.20. The smallest absolute Gasteiger partial charge is 0.324 e. The molecular weight excluding hydrogens is 238 g/mol. The topological polar surface area (TPSA) is 44.7 Å². The van der Waals surface area contributed by atoms with Gasteiger partial charge in [-0.15, -0.1) is 0 Å². The summed E-state index contributed by atoms with van der Waals surface area (Å²) in [5, 5.41) is 2.97. The van der Waals surface area contributed by atoms with Gasteiger partial charge < -0.3 is 10.2 Å². The lowest BCUT2D eigenvalue weighted by atomic mass is 9.82. The first-order valence-corrected chi connectivity index (χ1v) is 7.27. The molecule has 1 aliphatic carbocycles. The first-order valence-electron chi connectivity index (χ1n) is 7.27. The lowest BCUT2D eigenvalue weighted by Gasteiger charge is -2.36. The van der Waals surface area contributed by atoms with E-state index in [0.29, 0.717) is 5.92 Å². The van der Waals surface area contributed by atoms with Crippen LogP contribution >= 0.6 is 0 Å². The van der Waals surface area contributed by atoms with E-state index in [9.17, 15) is 4.79 Å². The number of urea groups is 1. The highest BCUT2D eigenvalue weighted by molar-refractivity contribution is 6.13. The highest BCUT2D eigenvalue weighted by Crippen LogP contribution is 2.29. The van der Waals surface area contributed by atoms with Crippen LogP contribution in [0, 0.1) is 5.92 Å². The second-order valence-corrected chi connectivity index (χ2v) is 5.58. The fraction of sp³-hybridized carbons (Fsp3) is 0.600. The van der Waals surface area contributed by atoms with Crippen LogP contribution in [-0.2, 0) is 0 Å².